The lowest BCUT2D eigenvalue weighted by Gasteiger charge is -2.30. The van der Waals surface area contributed by atoms with Gasteiger partial charge in [-0.15, -0.1) is 0 Å². The fraction of sp³-hybridized carbons (Fsp3) is 0.441. The number of benzene rings is 3. The van der Waals surface area contributed by atoms with Gasteiger partial charge in [0, 0.05) is 42.4 Å². The van der Waals surface area contributed by atoms with E-state index in [0.29, 0.717) is 53.2 Å². The van der Waals surface area contributed by atoms with Crippen molar-refractivity contribution in [3.05, 3.63) is 94.0 Å². The highest BCUT2D eigenvalue weighted by Crippen LogP contribution is 2.49. The fourth-order valence-corrected chi connectivity index (χ4v) is 9.63. The van der Waals surface area contributed by atoms with E-state index in [0.717, 1.165) is 16.7 Å². The van der Waals surface area contributed by atoms with E-state index in [-0.39, 0.29) is 26.2 Å². The Balaban J connectivity index is 2.31. The minimum Gasteiger partial charge on any atom is -0.305 e. The topological polar surface area (TPSA) is 149 Å². The standard InChI is InChI=1S/C34H47N2O8PS2/c1-6-18-35(20-22-46(39,40)41)24-31-26(3)32(25-36(19-7-2)21-23-47(42,43)44)28(5)33(27(31)4)34(37)45(38,29-14-10-8-11-15-29)30-16-12-9-13-17-30/h8-17H,6-7,18-25H2,1-5H3,(H,39,40,41)(H,42,43,44). The van der Waals surface area contributed by atoms with Crippen LogP contribution in [0.25, 0.3) is 0 Å². The normalized spacial score (nSPS) is 12.6. The predicted molar refractivity (Wildman–Crippen MR) is 189 cm³/mol. The zero-order valence-corrected chi connectivity index (χ0v) is 30.4. The predicted octanol–water partition coefficient (Wildman–Crippen LogP) is 4.97. The van der Waals surface area contributed by atoms with Gasteiger partial charge in [-0.25, -0.2) is 0 Å². The minimum atomic E-state index is -4.22. The van der Waals surface area contributed by atoms with Crippen molar-refractivity contribution in [1.82, 2.24) is 9.80 Å². The Morgan fingerprint density at radius 2 is 1.00 bits per heavy atom. The van der Waals surface area contributed by atoms with Gasteiger partial charge in [0.2, 0.25) is 12.7 Å². The molecule has 3 aromatic rings. The lowest BCUT2D eigenvalue weighted by molar-refractivity contribution is 0.107. The maximum atomic E-state index is 15.2. The van der Waals surface area contributed by atoms with E-state index in [9.17, 15) is 30.7 Å². The van der Waals surface area contributed by atoms with Crippen LogP contribution in [0.15, 0.2) is 60.7 Å². The first-order valence-electron chi connectivity index (χ1n) is 15.8. The van der Waals surface area contributed by atoms with Crippen LogP contribution in [0.2, 0.25) is 0 Å². The molecule has 0 aromatic heterocycles. The van der Waals surface area contributed by atoms with Gasteiger partial charge in [-0.05, 0) is 74.5 Å². The molecular weight excluding hydrogens is 659 g/mol. The van der Waals surface area contributed by atoms with E-state index >= 15 is 4.57 Å². The Labute approximate surface area is 280 Å². The zero-order chi connectivity index (χ0) is 35.0. The highest BCUT2D eigenvalue weighted by Gasteiger charge is 2.39. The summed E-state index contributed by atoms with van der Waals surface area (Å²) >= 11 is 0. The van der Waals surface area contributed by atoms with Crippen molar-refractivity contribution in [3.8, 4) is 0 Å². The van der Waals surface area contributed by atoms with Gasteiger partial charge in [0.05, 0.1) is 11.5 Å². The SMILES string of the molecule is CCCN(CCS(=O)(=O)O)Cc1c(C)c(CN(CCC)CCS(=O)(=O)O)c(C)c(C(=O)P(=O)(c2ccccc2)c2ccccc2)c1C. The van der Waals surface area contributed by atoms with Crippen molar-refractivity contribution in [2.75, 3.05) is 37.7 Å². The second kappa shape index (κ2) is 16.6. The van der Waals surface area contributed by atoms with Crippen molar-refractivity contribution in [3.63, 3.8) is 0 Å². The summed E-state index contributed by atoms with van der Waals surface area (Å²) in [6.45, 7) is 11.2. The molecule has 3 aromatic carbocycles. The largest absolute Gasteiger partial charge is 0.305 e. The molecule has 10 nitrogen and oxygen atoms in total. The number of hydrogen-bond acceptors (Lipinski definition) is 8. The van der Waals surface area contributed by atoms with Crippen LogP contribution in [0, 0.1) is 20.8 Å². The summed E-state index contributed by atoms with van der Waals surface area (Å²) in [6.07, 6.45) is 1.43. The summed E-state index contributed by atoms with van der Waals surface area (Å²) in [4.78, 5) is 18.8. The maximum Gasteiger partial charge on any atom is 0.266 e. The van der Waals surface area contributed by atoms with E-state index in [2.05, 4.69) is 0 Å². The average molecular weight is 707 g/mol. The monoisotopic (exact) mass is 706 g/mol. The zero-order valence-electron chi connectivity index (χ0n) is 27.8. The first kappa shape index (κ1) is 38.7. The number of carbonyl (C=O) groups is 1. The molecule has 13 heteroatoms. The third-order valence-electron chi connectivity index (χ3n) is 8.47. The number of hydrogen-bond donors (Lipinski definition) is 2. The molecule has 2 N–H and O–H groups in total. The van der Waals surface area contributed by atoms with Gasteiger partial charge >= 0.3 is 0 Å². The molecule has 258 valence electrons. The van der Waals surface area contributed by atoms with Crippen LogP contribution >= 0.6 is 7.14 Å². The second-order valence-electron chi connectivity index (χ2n) is 11.9. The lowest BCUT2D eigenvalue weighted by atomic mass is 9.88. The number of carbonyl (C=O) groups excluding carboxylic acids is 1. The molecule has 0 amide bonds. The summed E-state index contributed by atoms with van der Waals surface area (Å²) in [5, 5.41) is 0.806. The van der Waals surface area contributed by atoms with Gasteiger partial charge in [-0.2, -0.15) is 16.8 Å². The van der Waals surface area contributed by atoms with E-state index in [1.807, 2.05) is 44.4 Å². The summed E-state index contributed by atoms with van der Waals surface area (Å²) in [6, 6.07) is 17.4. The number of rotatable bonds is 18. The van der Waals surface area contributed by atoms with Gasteiger partial charge in [0.25, 0.3) is 20.2 Å². The molecule has 0 saturated heterocycles. The third-order valence-corrected chi connectivity index (χ3v) is 12.7. The highest BCUT2D eigenvalue weighted by molar-refractivity contribution is 7.93. The molecular formula is C34H47N2O8PS2. The summed E-state index contributed by atoms with van der Waals surface area (Å²) in [5.74, 6) is -0.903. The number of nitrogens with zero attached hydrogens (tertiary/aromatic N) is 2. The second-order valence-corrected chi connectivity index (χ2v) is 17.7. The van der Waals surface area contributed by atoms with E-state index in [4.69, 9.17) is 0 Å². The molecule has 0 radical (unpaired) electrons. The third kappa shape index (κ3) is 10.2. The minimum absolute atomic E-state index is 0.0703. The van der Waals surface area contributed by atoms with Crippen molar-refractivity contribution in [2.45, 2.75) is 60.5 Å². The Morgan fingerprint density at radius 1 is 0.638 bits per heavy atom. The van der Waals surface area contributed by atoms with Gasteiger partial charge in [-0.3, -0.25) is 23.7 Å². The van der Waals surface area contributed by atoms with Crippen LogP contribution in [0.5, 0.6) is 0 Å². The van der Waals surface area contributed by atoms with Crippen LogP contribution in [-0.2, 0) is 37.9 Å². The molecule has 0 atom stereocenters. The Bertz CT molecular complexity index is 1680. The molecule has 3 rings (SSSR count). The maximum absolute atomic E-state index is 15.2. The van der Waals surface area contributed by atoms with Crippen LogP contribution < -0.4 is 10.6 Å². The fourth-order valence-electron chi connectivity index (χ4n) is 6.05. The van der Waals surface area contributed by atoms with Crippen LogP contribution in [0.3, 0.4) is 0 Å². The van der Waals surface area contributed by atoms with Gasteiger partial charge in [0.1, 0.15) is 0 Å². The quantitative estimate of drug-likeness (QED) is 0.137. The van der Waals surface area contributed by atoms with Crippen molar-refractivity contribution < 1.29 is 35.3 Å². The van der Waals surface area contributed by atoms with Crippen molar-refractivity contribution in [1.29, 1.82) is 0 Å². The van der Waals surface area contributed by atoms with Crippen LogP contribution in [0.4, 0.5) is 0 Å². The van der Waals surface area contributed by atoms with E-state index < -0.39 is 44.4 Å². The van der Waals surface area contributed by atoms with E-state index in [1.165, 1.54) is 0 Å². The van der Waals surface area contributed by atoms with Gasteiger partial charge in [-0.1, -0.05) is 74.5 Å². The Kier molecular flexibility index (Phi) is 13.7. The Hall–Kier alpha value is -2.70. The summed E-state index contributed by atoms with van der Waals surface area (Å²) < 4.78 is 80.8. The van der Waals surface area contributed by atoms with Gasteiger partial charge in [0.15, 0.2) is 0 Å². The average Bonchev–Trinajstić information content (AvgIpc) is 3.02. The highest BCUT2D eigenvalue weighted by atomic mass is 32.2. The lowest BCUT2D eigenvalue weighted by Crippen LogP contribution is -2.33. The molecule has 0 aliphatic rings. The Morgan fingerprint density at radius 3 is 1.32 bits per heavy atom. The molecule has 0 unspecified atom stereocenters. The smallest absolute Gasteiger partial charge is 0.266 e. The first-order valence-corrected chi connectivity index (χ1v) is 20.7. The van der Waals surface area contributed by atoms with Crippen LogP contribution in [0.1, 0.15) is 64.9 Å². The molecule has 0 aliphatic heterocycles. The molecule has 0 spiro atoms. The molecule has 0 saturated carbocycles. The van der Waals surface area contributed by atoms with Crippen molar-refractivity contribution >= 4 is 43.5 Å². The molecule has 0 bridgehead atoms. The molecule has 47 heavy (non-hydrogen) atoms. The molecule has 0 aliphatic carbocycles. The van der Waals surface area contributed by atoms with Crippen molar-refractivity contribution in [2.24, 2.45) is 0 Å². The van der Waals surface area contributed by atoms with E-state index in [1.54, 1.807) is 60.7 Å². The van der Waals surface area contributed by atoms with Crippen LogP contribution in [-0.4, -0.2) is 78.9 Å². The van der Waals surface area contributed by atoms with Gasteiger partial charge < -0.3 is 4.57 Å². The first-order chi connectivity index (χ1) is 22.0. The summed E-state index contributed by atoms with van der Waals surface area (Å²) in [7, 11) is -12.3. The molecule has 0 heterocycles. The molecule has 0 fully saturated rings. The summed E-state index contributed by atoms with van der Waals surface area (Å²) in [5.41, 5.74) is 3.46.